The van der Waals surface area contributed by atoms with Crippen molar-refractivity contribution in [3.05, 3.63) is 29.3 Å². The summed E-state index contributed by atoms with van der Waals surface area (Å²) in [6.07, 6.45) is 12.4. The van der Waals surface area contributed by atoms with E-state index in [2.05, 4.69) is 29.1 Å². The van der Waals surface area contributed by atoms with Crippen LogP contribution in [0, 0.1) is 23.2 Å². The number of hydrogen-bond acceptors (Lipinski definition) is 6. The number of oxime groups is 1. The number of ether oxygens (including phenoxy) is 1. The van der Waals surface area contributed by atoms with E-state index in [1.807, 2.05) is 17.2 Å². The molecule has 8 heteroatoms. The molecule has 214 valence electrons. The third-order valence-corrected chi connectivity index (χ3v) is 11.9. The molecule has 0 bridgehead atoms. The summed E-state index contributed by atoms with van der Waals surface area (Å²) < 4.78 is 18.4. The van der Waals surface area contributed by atoms with Crippen LogP contribution in [0.4, 0.5) is 4.79 Å². The number of likely N-dealkylation sites (tertiary alicyclic amines) is 2. The van der Waals surface area contributed by atoms with Gasteiger partial charge >= 0.3 is 6.09 Å². The van der Waals surface area contributed by atoms with Crippen LogP contribution < -0.4 is 4.74 Å². The smallest absolute Gasteiger partial charge is 0.415 e. The molecule has 2 heterocycles. The van der Waals surface area contributed by atoms with Gasteiger partial charge in [0.15, 0.2) is 0 Å². The Bertz CT molecular complexity index is 1080. The van der Waals surface area contributed by atoms with Crippen molar-refractivity contribution in [2.75, 3.05) is 38.2 Å². The Morgan fingerprint density at radius 3 is 2.64 bits per heavy atom. The van der Waals surface area contributed by atoms with Crippen molar-refractivity contribution in [3.8, 4) is 5.75 Å². The number of hydrogen-bond donors (Lipinski definition) is 1. The first-order valence-electron chi connectivity index (χ1n) is 15.2. The Kier molecular flexibility index (Phi) is 7.90. The average Bonchev–Trinajstić information content (AvgIpc) is 3.29. The Hall–Kier alpha value is -1.77. The van der Waals surface area contributed by atoms with Gasteiger partial charge in [-0.25, -0.2) is 4.79 Å². The zero-order chi connectivity index (χ0) is 27.1. The van der Waals surface area contributed by atoms with Gasteiger partial charge in [0.2, 0.25) is 0 Å². The molecule has 0 radical (unpaired) electrons. The topological polar surface area (TPSA) is 88.4 Å². The number of amides is 1. The SMILES string of the molecule is C[S+]([O-])C[C@@H]1Cc2cc(OC(=O)N3CCC(N4CCCCC4)CC3)ccc2[C@H]2CC[C@]3(C)/C(=N\O)CC[C@H]3[C@H]12. The summed E-state index contributed by atoms with van der Waals surface area (Å²) in [5.41, 5.74) is 3.52. The molecule has 3 aliphatic carbocycles. The van der Waals surface area contributed by atoms with E-state index in [0.29, 0.717) is 41.2 Å². The Balaban J connectivity index is 1.15. The molecular formula is C31H45N3O4S. The van der Waals surface area contributed by atoms with Crippen LogP contribution in [0.15, 0.2) is 23.4 Å². The monoisotopic (exact) mass is 555 g/mol. The summed E-state index contributed by atoms with van der Waals surface area (Å²) in [4.78, 5) is 17.6. The molecule has 6 atom stereocenters. The number of nitrogens with zero attached hydrogens (tertiary/aromatic N) is 3. The minimum Gasteiger partial charge on any atom is -0.617 e. The number of carbonyl (C=O) groups excluding carboxylic acids is 1. The van der Waals surface area contributed by atoms with Crippen LogP contribution in [0.2, 0.25) is 0 Å². The second kappa shape index (κ2) is 11.2. The van der Waals surface area contributed by atoms with Crippen LogP contribution in [0.1, 0.15) is 81.8 Å². The fraction of sp³-hybridized carbons (Fsp3) is 0.742. The number of carbonyl (C=O) groups is 1. The first-order chi connectivity index (χ1) is 18.9. The molecule has 6 rings (SSSR count). The van der Waals surface area contributed by atoms with E-state index in [1.165, 1.54) is 43.5 Å². The van der Waals surface area contributed by atoms with Crippen LogP contribution in [-0.4, -0.2) is 75.6 Å². The molecule has 1 aromatic rings. The summed E-state index contributed by atoms with van der Waals surface area (Å²) in [5.74, 6) is 2.94. The van der Waals surface area contributed by atoms with Crippen molar-refractivity contribution in [2.45, 2.75) is 83.1 Å². The average molecular weight is 556 g/mol. The fourth-order valence-electron chi connectivity index (χ4n) is 9.11. The lowest BCUT2D eigenvalue weighted by Gasteiger charge is -2.51. The largest absolute Gasteiger partial charge is 0.617 e. The second-order valence-corrected chi connectivity index (χ2v) is 14.6. The maximum absolute atomic E-state index is 13.1. The summed E-state index contributed by atoms with van der Waals surface area (Å²) >= 11 is -0.885. The van der Waals surface area contributed by atoms with Crippen LogP contribution in [0.25, 0.3) is 0 Å². The summed E-state index contributed by atoms with van der Waals surface area (Å²) in [6, 6.07) is 6.86. The molecule has 0 spiro atoms. The van der Waals surface area contributed by atoms with Gasteiger partial charge < -0.3 is 24.3 Å². The minimum absolute atomic E-state index is 0.0577. The second-order valence-electron chi connectivity index (χ2n) is 13.1. The van der Waals surface area contributed by atoms with Gasteiger partial charge in [-0.15, -0.1) is 0 Å². The van der Waals surface area contributed by atoms with E-state index in [0.717, 1.165) is 63.7 Å². The highest BCUT2D eigenvalue weighted by Crippen LogP contribution is 2.61. The summed E-state index contributed by atoms with van der Waals surface area (Å²) in [6.45, 7) is 6.21. The number of rotatable bonds is 4. The van der Waals surface area contributed by atoms with Crippen LogP contribution in [0.3, 0.4) is 0 Å². The molecule has 4 fully saturated rings. The Morgan fingerprint density at radius 2 is 1.92 bits per heavy atom. The van der Waals surface area contributed by atoms with Crippen molar-refractivity contribution >= 4 is 23.0 Å². The van der Waals surface area contributed by atoms with Gasteiger partial charge in [-0.05, 0) is 112 Å². The maximum Gasteiger partial charge on any atom is 0.415 e. The third-order valence-electron chi connectivity index (χ3n) is 11.0. The summed E-state index contributed by atoms with van der Waals surface area (Å²) in [5, 5.41) is 13.4. The molecule has 39 heavy (non-hydrogen) atoms. The molecule has 2 aliphatic heterocycles. The molecule has 2 saturated carbocycles. The van der Waals surface area contributed by atoms with Crippen molar-refractivity contribution in [1.82, 2.24) is 9.80 Å². The molecule has 5 aliphatic rings. The molecule has 1 amide bonds. The van der Waals surface area contributed by atoms with E-state index in [1.54, 1.807) is 0 Å². The van der Waals surface area contributed by atoms with Gasteiger partial charge in [0, 0.05) is 30.5 Å². The first-order valence-corrected chi connectivity index (χ1v) is 16.9. The lowest BCUT2D eigenvalue weighted by atomic mass is 9.53. The van der Waals surface area contributed by atoms with Crippen molar-refractivity contribution < 1.29 is 19.3 Å². The highest BCUT2D eigenvalue weighted by atomic mass is 32.2. The van der Waals surface area contributed by atoms with E-state index >= 15 is 0 Å². The number of benzene rings is 1. The lowest BCUT2D eigenvalue weighted by Crippen LogP contribution is -2.48. The normalized spacial score (nSPS) is 35.3. The lowest BCUT2D eigenvalue weighted by molar-refractivity contribution is 0.0604. The third kappa shape index (κ3) is 5.21. The molecule has 2 saturated heterocycles. The Morgan fingerprint density at radius 1 is 1.15 bits per heavy atom. The zero-order valence-corrected chi connectivity index (χ0v) is 24.5. The van der Waals surface area contributed by atoms with Crippen molar-refractivity contribution in [3.63, 3.8) is 0 Å². The molecule has 1 unspecified atom stereocenters. The van der Waals surface area contributed by atoms with Crippen LogP contribution in [-0.2, 0) is 17.6 Å². The predicted molar refractivity (Wildman–Crippen MR) is 154 cm³/mol. The number of fused-ring (bicyclic) bond motifs is 5. The Labute approximate surface area is 236 Å². The molecular weight excluding hydrogens is 510 g/mol. The van der Waals surface area contributed by atoms with Gasteiger partial charge in [-0.3, -0.25) is 0 Å². The van der Waals surface area contributed by atoms with E-state index in [4.69, 9.17) is 4.74 Å². The number of piperidine rings is 2. The van der Waals surface area contributed by atoms with Crippen molar-refractivity contribution in [1.29, 1.82) is 0 Å². The fourth-order valence-corrected chi connectivity index (χ4v) is 10.0. The van der Waals surface area contributed by atoms with Gasteiger partial charge in [0.1, 0.15) is 11.5 Å². The van der Waals surface area contributed by atoms with E-state index < -0.39 is 11.2 Å². The maximum atomic E-state index is 13.1. The zero-order valence-electron chi connectivity index (χ0n) is 23.6. The minimum atomic E-state index is -0.885. The predicted octanol–water partition coefficient (Wildman–Crippen LogP) is 5.43. The van der Waals surface area contributed by atoms with Gasteiger partial charge in [-0.1, -0.05) is 35.7 Å². The van der Waals surface area contributed by atoms with Crippen LogP contribution in [0.5, 0.6) is 5.75 Å². The van der Waals surface area contributed by atoms with Crippen LogP contribution >= 0.6 is 0 Å². The van der Waals surface area contributed by atoms with E-state index in [-0.39, 0.29) is 11.5 Å². The molecule has 7 nitrogen and oxygen atoms in total. The van der Waals surface area contributed by atoms with Gasteiger partial charge in [0.25, 0.3) is 0 Å². The summed E-state index contributed by atoms with van der Waals surface area (Å²) in [7, 11) is 0. The van der Waals surface area contributed by atoms with Gasteiger partial charge in [0.05, 0.1) is 12.0 Å². The highest BCUT2D eigenvalue weighted by molar-refractivity contribution is 7.90. The first kappa shape index (κ1) is 27.4. The standard InChI is InChI=1S/C31H45N3O4S/c1-31-13-10-26-25-7-6-24(38-30(35)34-16-11-23(12-17-34)33-14-4-3-5-15-33)19-21(25)18-22(20-39(2)37)29(26)27(31)8-9-28(31)32-36/h6-7,19,22-23,26-27,29,36H,3-5,8-18,20H2,1-2H3/b32-28-/t22-,26+,27-,29+,31-,39?/m0/s1. The van der Waals surface area contributed by atoms with E-state index in [9.17, 15) is 14.6 Å². The molecule has 1 aromatic carbocycles. The molecule has 0 aromatic heterocycles. The van der Waals surface area contributed by atoms with Gasteiger partial charge in [-0.2, -0.15) is 0 Å². The highest BCUT2D eigenvalue weighted by Gasteiger charge is 2.56. The quantitative estimate of drug-likeness (QED) is 0.304. The van der Waals surface area contributed by atoms with Crippen molar-refractivity contribution in [2.24, 2.45) is 28.3 Å². The molecule has 1 N–H and O–H groups in total.